The number of benzene rings is 1. The lowest BCUT2D eigenvalue weighted by molar-refractivity contribution is 0.458. The lowest BCUT2D eigenvalue weighted by Gasteiger charge is -2.23. The average Bonchev–Trinajstić information content (AvgIpc) is 2.23. The number of rotatable bonds is 1. The zero-order valence-corrected chi connectivity index (χ0v) is 8.65. The highest BCUT2D eigenvalue weighted by molar-refractivity contribution is 6.31. The molecule has 1 aliphatic heterocycles. The number of halogens is 2. The highest BCUT2D eigenvalue weighted by Gasteiger charge is 2.17. The number of hydrogen-bond acceptors (Lipinski definition) is 1. The van der Waals surface area contributed by atoms with Gasteiger partial charge < -0.3 is 5.32 Å². The monoisotopic (exact) mass is 213 g/mol. The molecule has 0 saturated carbocycles. The van der Waals surface area contributed by atoms with Crippen LogP contribution in [-0.2, 0) is 0 Å². The standard InChI is InChI=1S/C11H13ClFN/c12-11-2-1-9(13)7-10(11)8-3-5-14-6-4-8/h1-2,7-8,14H,3-6H2. The largest absolute Gasteiger partial charge is 0.317 e. The van der Waals surface area contributed by atoms with E-state index < -0.39 is 0 Å². The minimum absolute atomic E-state index is 0.192. The first kappa shape index (κ1) is 9.94. The quantitative estimate of drug-likeness (QED) is 0.757. The lowest BCUT2D eigenvalue weighted by atomic mass is 9.90. The van der Waals surface area contributed by atoms with E-state index in [1.54, 1.807) is 12.1 Å². The van der Waals surface area contributed by atoms with Crippen LogP contribution in [0.2, 0.25) is 5.02 Å². The van der Waals surface area contributed by atoms with Crippen LogP contribution in [0.5, 0.6) is 0 Å². The van der Waals surface area contributed by atoms with Gasteiger partial charge in [-0.05, 0) is 55.6 Å². The maximum Gasteiger partial charge on any atom is 0.123 e. The van der Waals surface area contributed by atoms with Gasteiger partial charge in [0.05, 0.1) is 0 Å². The molecule has 0 amide bonds. The Balaban J connectivity index is 2.24. The van der Waals surface area contributed by atoms with E-state index in [4.69, 9.17) is 11.6 Å². The Morgan fingerprint density at radius 1 is 1.29 bits per heavy atom. The molecular formula is C11H13ClFN. The van der Waals surface area contributed by atoms with Crippen molar-refractivity contribution in [3.63, 3.8) is 0 Å². The average molecular weight is 214 g/mol. The van der Waals surface area contributed by atoms with Crippen LogP contribution >= 0.6 is 11.6 Å². The molecule has 0 bridgehead atoms. The Labute approximate surface area is 88.3 Å². The van der Waals surface area contributed by atoms with Gasteiger partial charge in [-0.15, -0.1) is 0 Å². The summed E-state index contributed by atoms with van der Waals surface area (Å²) in [5.41, 5.74) is 0.966. The Morgan fingerprint density at radius 3 is 2.71 bits per heavy atom. The molecule has 1 aliphatic rings. The van der Waals surface area contributed by atoms with E-state index in [1.807, 2.05) is 0 Å². The summed E-state index contributed by atoms with van der Waals surface area (Å²) in [4.78, 5) is 0. The van der Waals surface area contributed by atoms with Gasteiger partial charge in [-0.1, -0.05) is 11.6 Å². The highest BCUT2D eigenvalue weighted by Crippen LogP contribution is 2.31. The van der Waals surface area contributed by atoms with Crippen LogP contribution < -0.4 is 5.32 Å². The van der Waals surface area contributed by atoms with Crippen molar-refractivity contribution in [1.29, 1.82) is 0 Å². The van der Waals surface area contributed by atoms with Crippen LogP contribution in [0.25, 0.3) is 0 Å². The van der Waals surface area contributed by atoms with Gasteiger partial charge in [-0.3, -0.25) is 0 Å². The van der Waals surface area contributed by atoms with E-state index in [2.05, 4.69) is 5.32 Å². The van der Waals surface area contributed by atoms with Crippen LogP contribution in [-0.4, -0.2) is 13.1 Å². The zero-order valence-electron chi connectivity index (χ0n) is 7.89. The molecule has 0 spiro atoms. The van der Waals surface area contributed by atoms with E-state index >= 15 is 0 Å². The van der Waals surface area contributed by atoms with Gasteiger partial charge in [-0.25, -0.2) is 4.39 Å². The summed E-state index contributed by atoms with van der Waals surface area (Å²) in [5, 5.41) is 3.97. The van der Waals surface area contributed by atoms with Crippen molar-refractivity contribution in [3.8, 4) is 0 Å². The fraction of sp³-hybridized carbons (Fsp3) is 0.455. The Hall–Kier alpha value is -0.600. The van der Waals surface area contributed by atoms with Crippen LogP contribution in [0.1, 0.15) is 24.3 Å². The molecule has 1 aromatic carbocycles. The van der Waals surface area contributed by atoms with E-state index in [0.29, 0.717) is 10.9 Å². The molecule has 1 N–H and O–H groups in total. The van der Waals surface area contributed by atoms with Crippen LogP contribution in [0.4, 0.5) is 4.39 Å². The van der Waals surface area contributed by atoms with E-state index in [9.17, 15) is 4.39 Å². The summed E-state index contributed by atoms with van der Waals surface area (Å²) in [7, 11) is 0. The minimum atomic E-state index is -0.192. The van der Waals surface area contributed by atoms with Crippen LogP contribution in [0.3, 0.4) is 0 Å². The van der Waals surface area contributed by atoms with Gasteiger partial charge >= 0.3 is 0 Å². The van der Waals surface area contributed by atoms with Gasteiger partial charge in [0, 0.05) is 5.02 Å². The van der Waals surface area contributed by atoms with Crippen LogP contribution in [0, 0.1) is 5.82 Å². The summed E-state index contributed by atoms with van der Waals surface area (Å²) in [6.45, 7) is 2.00. The second-order valence-corrected chi connectivity index (χ2v) is 4.10. The third-order valence-electron chi connectivity index (χ3n) is 2.74. The second-order valence-electron chi connectivity index (χ2n) is 3.69. The number of hydrogen-bond donors (Lipinski definition) is 1. The predicted octanol–water partition coefficient (Wildman–Crippen LogP) is 2.95. The number of nitrogens with one attached hydrogen (secondary N) is 1. The third kappa shape index (κ3) is 2.07. The highest BCUT2D eigenvalue weighted by atomic mass is 35.5. The first-order valence-corrected chi connectivity index (χ1v) is 5.31. The molecule has 1 nitrogen and oxygen atoms in total. The molecule has 1 fully saturated rings. The Kier molecular flexibility index (Phi) is 3.04. The maximum atomic E-state index is 13.0. The summed E-state index contributed by atoms with van der Waals surface area (Å²) in [5.74, 6) is 0.224. The molecule has 3 heteroatoms. The summed E-state index contributed by atoms with van der Waals surface area (Å²) in [6, 6.07) is 4.62. The smallest absolute Gasteiger partial charge is 0.123 e. The molecule has 0 aromatic heterocycles. The molecule has 76 valence electrons. The predicted molar refractivity (Wildman–Crippen MR) is 56.3 cm³/mol. The Bertz CT molecular complexity index is 321. The van der Waals surface area contributed by atoms with E-state index in [0.717, 1.165) is 31.5 Å². The topological polar surface area (TPSA) is 12.0 Å². The molecule has 1 saturated heterocycles. The van der Waals surface area contributed by atoms with Crippen LogP contribution in [0.15, 0.2) is 18.2 Å². The molecule has 0 atom stereocenters. The van der Waals surface area contributed by atoms with Crippen molar-refractivity contribution in [2.45, 2.75) is 18.8 Å². The maximum absolute atomic E-state index is 13.0. The summed E-state index contributed by atoms with van der Waals surface area (Å²) < 4.78 is 13.0. The SMILES string of the molecule is Fc1ccc(Cl)c(C2CCNCC2)c1. The zero-order chi connectivity index (χ0) is 9.97. The van der Waals surface area contributed by atoms with Gasteiger partial charge in [0.2, 0.25) is 0 Å². The fourth-order valence-corrected chi connectivity index (χ4v) is 2.23. The first-order valence-electron chi connectivity index (χ1n) is 4.93. The van der Waals surface area contributed by atoms with Crippen molar-refractivity contribution >= 4 is 11.6 Å². The number of piperidine rings is 1. The second kappa shape index (κ2) is 4.28. The van der Waals surface area contributed by atoms with Gasteiger partial charge in [0.15, 0.2) is 0 Å². The molecule has 2 rings (SSSR count). The molecule has 14 heavy (non-hydrogen) atoms. The molecule has 0 unspecified atom stereocenters. The van der Waals surface area contributed by atoms with Gasteiger partial charge in [0.1, 0.15) is 5.82 Å². The molecule has 1 aromatic rings. The van der Waals surface area contributed by atoms with Gasteiger partial charge in [0.25, 0.3) is 0 Å². The molecule has 0 radical (unpaired) electrons. The molecular weight excluding hydrogens is 201 g/mol. The normalized spacial score (nSPS) is 18.4. The van der Waals surface area contributed by atoms with E-state index in [-0.39, 0.29) is 5.82 Å². The van der Waals surface area contributed by atoms with Crippen molar-refractivity contribution in [3.05, 3.63) is 34.6 Å². The summed E-state index contributed by atoms with van der Waals surface area (Å²) in [6.07, 6.45) is 2.09. The minimum Gasteiger partial charge on any atom is -0.317 e. The van der Waals surface area contributed by atoms with Crippen molar-refractivity contribution < 1.29 is 4.39 Å². The first-order chi connectivity index (χ1) is 6.77. The van der Waals surface area contributed by atoms with Crippen molar-refractivity contribution in [2.75, 3.05) is 13.1 Å². The summed E-state index contributed by atoms with van der Waals surface area (Å²) >= 11 is 6.04. The lowest BCUT2D eigenvalue weighted by Crippen LogP contribution is -2.26. The molecule has 0 aliphatic carbocycles. The third-order valence-corrected chi connectivity index (χ3v) is 3.08. The van der Waals surface area contributed by atoms with Crippen molar-refractivity contribution in [2.24, 2.45) is 0 Å². The molecule has 1 heterocycles. The Morgan fingerprint density at radius 2 is 2.00 bits per heavy atom. The fourth-order valence-electron chi connectivity index (χ4n) is 1.96. The van der Waals surface area contributed by atoms with Gasteiger partial charge in [-0.2, -0.15) is 0 Å². The van der Waals surface area contributed by atoms with Crippen molar-refractivity contribution in [1.82, 2.24) is 5.32 Å². The van der Waals surface area contributed by atoms with E-state index in [1.165, 1.54) is 6.07 Å².